The number of primary sulfonamides is 1. The summed E-state index contributed by atoms with van der Waals surface area (Å²) in [6.07, 6.45) is 0.892. The van der Waals surface area contributed by atoms with Gasteiger partial charge in [-0.15, -0.1) is 0 Å². The van der Waals surface area contributed by atoms with E-state index in [4.69, 9.17) is 5.14 Å². The summed E-state index contributed by atoms with van der Waals surface area (Å²) in [5.74, 6) is 0. The summed E-state index contributed by atoms with van der Waals surface area (Å²) >= 11 is 0. The van der Waals surface area contributed by atoms with Crippen LogP contribution in [0.3, 0.4) is 0 Å². The number of aryl methyl sites for hydroxylation is 2. The van der Waals surface area contributed by atoms with Crippen molar-refractivity contribution in [3.05, 3.63) is 29.3 Å². The quantitative estimate of drug-likeness (QED) is 0.883. The van der Waals surface area contributed by atoms with Gasteiger partial charge in [0.05, 0.1) is 10.1 Å². The van der Waals surface area contributed by atoms with Crippen molar-refractivity contribution < 1.29 is 16.8 Å². The third-order valence-electron chi connectivity index (χ3n) is 3.92. The molecule has 2 N–H and O–H groups in total. The van der Waals surface area contributed by atoms with Crippen molar-refractivity contribution in [2.75, 3.05) is 13.1 Å². The lowest BCUT2D eigenvalue weighted by atomic mass is 10.1. The second-order valence-electron chi connectivity index (χ2n) is 5.46. The second-order valence-corrected chi connectivity index (χ2v) is 9.25. The number of piperidine rings is 1. The molecule has 1 unspecified atom stereocenters. The van der Waals surface area contributed by atoms with Gasteiger partial charge in [0.1, 0.15) is 0 Å². The third kappa shape index (κ3) is 3.45. The minimum atomic E-state index is -3.72. The molecule has 1 aliphatic heterocycles. The van der Waals surface area contributed by atoms with Crippen LogP contribution in [-0.2, 0) is 20.0 Å². The van der Waals surface area contributed by atoms with Crippen molar-refractivity contribution >= 4 is 20.0 Å². The Kier molecular flexibility index (Phi) is 4.44. The molecule has 0 bridgehead atoms. The molecular weight excluding hydrogens is 312 g/mol. The fourth-order valence-electron chi connectivity index (χ4n) is 2.41. The molecule has 2 rings (SSSR count). The molecule has 1 aromatic rings. The van der Waals surface area contributed by atoms with Gasteiger partial charge >= 0.3 is 0 Å². The van der Waals surface area contributed by atoms with Crippen LogP contribution in [0.25, 0.3) is 0 Å². The first-order valence-corrected chi connectivity index (χ1v) is 9.76. The maximum atomic E-state index is 12.6. The highest BCUT2D eigenvalue weighted by atomic mass is 32.2. The van der Waals surface area contributed by atoms with E-state index < -0.39 is 25.3 Å². The van der Waals surface area contributed by atoms with Gasteiger partial charge in [-0.05, 0) is 49.9 Å². The van der Waals surface area contributed by atoms with Gasteiger partial charge in [-0.2, -0.15) is 4.31 Å². The summed E-state index contributed by atoms with van der Waals surface area (Å²) in [4.78, 5) is 0.195. The van der Waals surface area contributed by atoms with E-state index >= 15 is 0 Å². The van der Waals surface area contributed by atoms with E-state index in [2.05, 4.69) is 0 Å². The van der Waals surface area contributed by atoms with Crippen molar-refractivity contribution in [2.24, 2.45) is 5.14 Å². The van der Waals surface area contributed by atoms with Crippen LogP contribution >= 0.6 is 0 Å². The first-order valence-electron chi connectivity index (χ1n) is 6.71. The summed E-state index contributed by atoms with van der Waals surface area (Å²) in [6, 6.07) is 4.92. The predicted octanol–water partition coefficient (Wildman–Crippen LogP) is 0.745. The van der Waals surface area contributed by atoms with Crippen LogP contribution in [-0.4, -0.2) is 39.5 Å². The summed E-state index contributed by atoms with van der Waals surface area (Å²) in [7, 11) is -7.40. The lowest BCUT2D eigenvalue weighted by molar-refractivity contribution is 0.346. The monoisotopic (exact) mass is 332 g/mol. The summed E-state index contributed by atoms with van der Waals surface area (Å²) < 4.78 is 49.3. The fourth-order valence-corrected chi connectivity index (χ4v) is 5.00. The zero-order chi connectivity index (χ0) is 15.8. The Bertz CT molecular complexity index is 741. The Morgan fingerprint density at radius 2 is 1.81 bits per heavy atom. The van der Waals surface area contributed by atoms with Crippen molar-refractivity contribution in [2.45, 2.75) is 36.8 Å². The van der Waals surface area contributed by atoms with Crippen LogP contribution in [0.4, 0.5) is 0 Å². The molecule has 0 spiro atoms. The second kappa shape index (κ2) is 5.68. The van der Waals surface area contributed by atoms with Crippen LogP contribution in [0, 0.1) is 13.8 Å². The minimum Gasteiger partial charge on any atom is -0.228 e. The summed E-state index contributed by atoms with van der Waals surface area (Å²) in [6.45, 7) is 4.00. The Morgan fingerprint density at radius 3 is 2.38 bits per heavy atom. The average molecular weight is 332 g/mol. The van der Waals surface area contributed by atoms with Gasteiger partial charge in [-0.25, -0.2) is 22.0 Å². The molecule has 1 aliphatic rings. The predicted molar refractivity (Wildman–Crippen MR) is 80.8 cm³/mol. The van der Waals surface area contributed by atoms with E-state index in [9.17, 15) is 16.8 Å². The molecule has 1 fully saturated rings. The number of nitrogens with two attached hydrogens (primary N) is 1. The van der Waals surface area contributed by atoms with Crippen LogP contribution in [0.5, 0.6) is 0 Å². The molecule has 1 heterocycles. The Labute approximate surface area is 126 Å². The zero-order valence-corrected chi connectivity index (χ0v) is 13.7. The number of nitrogens with zero attached hydrogens (tertiary/aromatic N) is 1. The van der Waals surface area contributed by atoms with Crippen LogP contribution in [0.15, 0.2) is 23.1 Å². The first kappa shape index (κ1) is 16.4. The molecule has 1 atom stereocenters. The molecule has 8 heteroatoms. The van der Waals surface area contributed by atoms with E-state index in [0.717, 1.165) is 11.1 Å². The van der Waals surface area contributed by atoms with Gasteiger partial charge in [0.25, 0.3) is 0 Å². The number of hydrogen-bond acceptors (Lipinski definition) is 4. The Balaban J connectivity index is 2.33. The fraction of sp³-hybridized carbons (Fsp3) is 0.538. The van der Waals surface area contributed by atoms with E-state index in [1.807, 2.05) is 13.8 Å². The molecule has 0 aromatic heterocycles. The van der Waals surface area contributed by atoms with Crippen LogP contribution in [0.2, 0.25) is 0 Å². The summed E-state index contributed by atoms with van der Waals surface area (Å²) in [5, 5.41) is 4.32. The van der Waals surface area contributed by atoms with E-state index in [1.165, 1.54) is 4.31 Å². The molecular formula is C13H20N2O4S2. The van der Waals surface area contributed by atoms with Crippen molar-refractivity contribution in [1.82, 2.24) is 4.31 Å². The molecule has 118 valence electrons. The molecule has 0 saturated carbocycles. The standard InChI is InChI=1S/C13H20N2O4S2/c1-10-5-6-12(8-11(10)2)21(18,19)15-7-3-4-13(9-15)20(14,16)17/h5-6,8,13H,3-4,7,9H2,1-2H3,(H2,14,16,17). The number of benzene rings is 1. The average Bonchev–Trinajstić information content (AvgIpc) is 2.41. The van der Waals surface area contributed by atoms with Crippen LogP contribution in [0.1, 0.15) is 24.0 Å². The topological polar surface area (TPSA) is 97.5 Å². The molecule has 0 amide bonds. The van der Waals surface area contributed by atoms with Crippen LogP contribution < -0.4 is 5.14 Å². The summed E-state index contributed by atoms with van der Waals surface area (Å²) in [5.41, 5.74) is 1.89. The van der Waals surface area contributed by atoms with Gasteiger partial charge in [-0.1, -0.05) is 6.07 Å². The van der Waals surface area contributed by atoms with E-state index in [-0.39, 0.29) is 11.4 Å². The third-order valence-corrected chi connectivity index (χ3v) is 7.10. The van der Waals surface area contributed by atoms with Crippen molar-refractivity contribution in [3.63, 3.8) is 0 Å². The lowest BCUT2D eigenvalue weighted by Crippen LogP contribution is -2.46. The molecule has 1 aromatic carbocycles. The largest absolute Gasteiger partial charge is 0.243 e. The minimum absolute atomic E-state index is 0.0753. The normalized spacial score (nSPS) is 21.4. The Morgan fingerprint density at radius 1 is 1.14 bits per heavy atom. The zero-order valence-electron chi connectivity index (χ0n) is 12.1. The molecule has 21 heavy (non-hydrogen) atoms. The van der Waals surface area contributed by atoms with E-state index in [0.29, 0.717) is 19.4 Å². The number of sulfonamides is 2. The maximum absolute atomic E-state index is 12.6. The maximum Gasteiger partial charge on any atom is 0.243 e. The number of rotatable bonds is 3. The van der Waals surface area contributed by atoms with Gasteiger partial charge in [-0.3, -0.25) is 0 Å². The van der Waals surface area contributed by atoms with Crippen molar-refractivity contribution in [1.29, 1.82) is 0 Å². The first-order chi connectivity index (χ1) is 9.62. The molecule has 0 radical (unpaired) electrons. The Hall–Kier alpha value is -0.960. The highest BCUT2D eigenvalue weighted by molar-refractivity contribution is 7.90. The van der Waals surface area contributed by atoms with Gasteiger partial charge in [0.2, 0.25) is 20.0 Å². The smallest absolute Gasteiger partial charge is 0.228 e. The van der Waals surface area contributed by atoms with E-state index in [1.54, 1.807) is 18.2 Å². The van der Waals surface area contributed by atoms with Gasteiger partial charge in [0, 0.05) is 13.1 Å². The van der Waals surface area contributed by atoms with Gasteiger partial charge < -0.3 is 0 Å². The molecule has 0 aliphatic carbocycles. The molecule has 6 nitrogen and oxygen atoms in total. The SMILES string of the molecule is Cc1ccc(S(=O)(=O)N2CCCC(S(N)(=O)=O)C2)cc1C. The highest BCUT2D eigenvalue weighted by Crippen LogP contribution is 2.24. The molecule has 1 saturated heterocycles. The lowest BCUT2D eigenvalue weighted by Gasteiger charge is -2.30. The highest BCUT2D eigenvalue weighted by Gasteiger charge is 2.34. The van der Waals surface area contributed by atoms with Gasteiger partial charge in [0.15, 0.2) is 0 Å². The van der Waals surface area contributed by atoms with Crippen molar-refractivity contribution in [3.8, 4) is 0 Å². The number of hydrogen-bond donors (Lipinski definition) is 1.